The van der Waals surface area contributed by atoms with Gasteiger partial charge < -0.3 is 14.9 Å². The van der Waals surface area contributed by atoms with E-state index in [9.17, 15) is 0 Å². The molecule has 0 aliphatic heterocycles. The van der Waals surface area contributed by atoms with Crippen molar-refractivity contribution in [2.24, 2.45) is 0 Å². The maximum atomic E-state index is 4.32. The van der Waals surface area contributed by atoms with Crippen LogP contribution < -0.4 is 5.32 Å². The molecule has 0 radical (unpaired) electrons. The second-order valence-corrected chi connectivity index (χ2v) is 3.68. The monoisotopic (exact) mass is 219 g/mol. The largest absolute Gasteiger partial charge is 0.348 e. The van der Waals surface area contributed by atoms with E-state index in [2.05, 4.69) is 31.8 Å². The van der Waals surface area contributed by atoms with Crippen molar-refractivity contribution in [2.75, 3.05) is 0 Å². The molecule has 0 amide bonds. The highest BCUT2D eigenvalue weighted by Gasteiger charge is 2.01. The van der Waals surface area contributed by atoms with Gasteiger partial charge in [-0.25, -0.2) is 9.97 Å². The fourth-order valence-corrected chi connectivity index (χ4v) is 1.64. The van der Waals surface area contributed by atoms with E-state index in [1.807, 2.05) is 18.6 Å². The SMILES string of the molecule is CCCn1ccnc1CNCc1ncc[nH]1. The maximum absolute atomic E-state index is 4.32. The Bertz CT molecular complexity index is 404. The van der Waals surface area contributed by atoms with Crippen LogP contribution in [0.4, 0.5) is 0 Å². The number of aromatic amines is 1. The Morgan fingerprint density at radius 2 is 2.25 bits per heavy atom. The summed E-state index contributed by atoms with van der Waals surface area (Å²) in [4.78, 5) is 11.5. The number of nitrogens with zero attached hydrogens (tertiary/aromatic N) is 3. The summed E-state index contributed by atoms with van der Waals surface area (Å²) in [7, 11) is 0. The maximum Gasteiger partial charge on any atom is 0.122 e. The molecule has 2 heterocycles. The number of aromatic nitrogens is 4. The zero-order valence-corrected chi connectivity index (χ0v) is 9.48. The molecule has 86 valence electrons. The Hall–Kier alpha value is -1.62. The molecule has 0 saturated carbocycles. The van der Waals surface area contributed by atoms with Crippen LogP contribution in [-0.4, -0.2) is 19.5 Å². The van der Waals surface area contributed by atoms with E-state index in [1.165, 1.54) is 0 Å². The molecule has 2 aromatic rings. The van der Waals surface area contributed by atoms with Crippen LogP contribution in [-0.2, 0) is 19.6 Å². The third-order valence-electron chi connectivity index (χ3n) is 2.40. The quantitative estimate of drug-likeness (QED) is 0.770. The number of imidazole rings is 2. The van der Waals surface area contributed by atoms with Gasteiger partial charge in [-0.3, -0.25) is 0 Å². The van der Waals surface area contributed by atoms with Crippen molar-refractivity contribution in [2.45, 2.75) is 33.0 Å². The molecule has 5 nitrogen and oxygen atoms in total. The predicted molar refractivity (Wildman–Crippen MR) is 61.6 cm³/mol. The fraction of sp³-hybridized carbons (Fsp3) is 0.455. The second-order valence-electron chi connectivity index (χ2n) is 3.68. The van der Waals surface area contributed by atoms with Gasteiger partial charge in [-0.2, -0.15) is 0 Å². The van der Waals surface area contributed by atoms with Gasteiger partial charge in [-0.05, 0) is 6.42 Å². The van der Waals surface area contributed by atoms with Crippen molar-refractivity contribution in [1.82, 2.24) is 24.8 Å². The summed E-state index contributed by atoms with van der Waals surface area (Å²) in [6.45, 7) is 4.71. The summed E-state index contributed by atoms with van der Waals surface area (Å²) < 4.78 is 2.18. The lowest BCUT2D eigenvalue weighted by molar-refractivity contribution is 0.581. The molecule has 2 N–H and O–H groups in total. The van der Waals surface area contributed by atoms with Crippen LogP contribution >= 0.6 is 0 Å². The van der Waals surface area contributed by atoms with Gasteiger partial charge in [-0.15, -0.1) is 0 Å². The molecule has 0 spiro atoms. The average Bonchev–Trinajstić information content (AvgIpc) is 2.91. The lowest BCUT2D eigenvalue weighted by atomic mass is 10.4. The Labute approximate surface area is 94.9 Å². The van der Waals surface area contributed by atoms with Crippen LogP contribution in [0.25, 0.3) is 0 Å². The molecule has 16 heavy (non-hydrogen) atoms. The number of hydrogen-bond donors (Lipinski definition) is 2. The first-order valence-electron chi connectivity index (χ1n) is 5.59. The van der Waals surface area contributed by atoms with Gasteiger partial charge in [0, 0.05) is 31.3 Å². The third-order valence-corrected chi connectivity index (χ3v) is 2.40. The normalized spacial score (nSPS) is 10.8. The van der Waals surface area contributed by atoms with Gasteiger partial charge in [0.05, 0.1) is 13.1 Å². The molecule has 0 unspecified atom stereocenters. The molecular weight excluding hydrogens is 202 g/mol. The van der Waals surface area contributed by atoms with Crippen LogP contribution in [0.15, 0.2) is 24.8 Å². The predicted octanol–water partition coefficient (Wildman–Crippen LogP) is 1.31. The van der Waals surface area contributed by atoms with Crippen LogP contribution in [0.5, 0.6) is 0 Å². The first kappa shape index (κ1) is 10.9. The van der Waals surface area contributed by atoms with Crippen LogP contribution in [0.2, 0.25) is 0 Å². The van der Waals surface area contributed by atoms with E-state index in [0.29, 0.717) is 0 Å². The molecule has 0 fully saturated rings. The van der Waals surface area contributed by atoms with Crippen molar-refractivity contribution in [1.29, 1.82) is 0 Å². The summed E-state index contributed by atoms with van der Waals surface area (Å²) in [5, 5.41) is 3.31. The van der Waals surface area contributed by atoms with E-state index in [4.69, 9.17) is 0 Å². The zero-order valence-electron chi connectivity index (χ0n) is 9.48. The Morgan fingerprint density at radius 3 is 3.00 bits per heavy atom. The molecule has 0 aromatic carbocycles. The van der Waals surface area contributed by atoms with Crippen molar-refractivity contribution >= 4 is 0 Å². The molecule has 0 saturated heterocycles. The fourth-order valence-electron chi connectivity index (χ4n) is 1.64. The topological polar surface area (TPSA) is 58.5 Å². The minimum Gasteiger partial charge on any atom is -0.348 e. The first-order chi connectivity index (χ1) is 7.90. The molecule has 2 rings (SSSR count). The molecule has 5 heteroatoms. The van der Waals surface area contributed by atoms with Gasteiger partial charge in [-0.1, -0.05) is 6.92 Å². The van der Waals surface area contributed by atoms with Gasteiger partial charge >= 0.3 is 0 Å². The van der Waals surface area contributed by atoms with Gasteiger partial charge in [0.1, 0.15) is 11.6 Å². The Balaban J connectivity index is 1.82. The molecule has 2 aromatic heterocycles. The summed E-state index contributed by atoms with van der Waals surface area (Å²) in [5.41, 5.74) is 0. The number of H-pyrrole nitrogens is 1. The van der Waals surface area contributed by atoms with Crippen LogP contribution in [0.3, 0.4) is 0 Å². The number of nitrogens with one attached hydrogen (secondary N) is 2. The van der Waals surface area contributed by atoms with E-state index in [-0.39, 0.29) is 0 Å². The molecular formula is C11H17N5. The molecule has 0 aliphatic carbocycles. The van der Waals surface area contributed by atoms with E-state index in [1.54, 1.807) is 6.20 Å². The second kappa shape index (κ2) is 5.46. The smallest absolute Gasteiger partial charge is 0.122 e. The standard InChI is InChI=1S/C11H17N5/c1-2-6-16-7-5-15-11(16)9-12-8-10-13-3-4-14-10/h3-5,7,12H,2,6,8-9H2,1H3,(H,13,14). The van der Waals surface area contributed by atoms with Crippen LogP contribution in [0, 0.1) is 0 Å². The van der Waals surface area contributed by atoms with Crippen molar-refractivity contribution < 1.29 is 0 Å². The van der Waals surface area contributed by atoms with Crippen LogP contribution in [0.1, 0.15) is 25.0 Å². The number of rotatable bonds is 6. The van der Waals surface area contributed by atoms with Gasteiger partial charge in [0.2, 0.25) is 0 Å². The molecule has 0 atom stereocenters. The highest BCUT2D eigenvalue weighted by Crippen LogP contribution is 1.99. The Kier molecular flexibility index (Phi) is 3.71. The van der Waals surface area contributed by atoms with E-state index < -0.39 is 0 Å². The number of aryl methyl sites for hydroxylation is 1. The van der Waals surface area contributed by atoms with E-state index >= 15 is 0 Å². The lowest BCUT2D eigenvalue weighted by Crippen LogP contribution is -2.17. The summed E-state index contributed by atoms with van der Waals surface area (Å²) in [5.74, 6) is 2.03. The van der Waals surface area contributed by atoms with Crippen molar-refractivity contribution in [3.63, 3.8) is 0 Å². The highest BCUT2D eigenvalue weighted by molar-refractivity contribution is 4.93. The summed E-state index contributed by atoms with van der Waals surface area (Å²) >= 11 is 0. The number of hydrogen-bond acceptors (Lipinski definition) is 3. The van der Waals surface area contributed by atoms with E-state index in [0.717, 1.165) is 37.7 Å². The lowest BCUT2D eigenvalue weighted by Gasteiger charge is -2.06. The molecule has 0 bridgehead atoms. The Morgan fingerprint density at radius 1 is 1.31 bits per heavy atom. The summed E-state index contributed by atoms with van der Waals surface area (Å²) in [6, 6.07) is 0. The van der Waals surface area contributed by atoms with Gasteiger partial charge in [0.25, 0.3) is 0 Å². The highest BCUT2D eigenvalue weighted by atomic mass is 15.1. The van der Waals surface area contributed by atoms with Crippen molar-refractivity contribution in [3.8, 4) is 0 Å². The third kappa shape index (κ3) is 2.70. The van der Waals surface area contributed by atoms with Crippen molar-refractivity contribution in [3.05, 3.63) is 36.4 Å². The van der Waals surface area contributed by atoms with Gasteiger partial charge in [0.15, 0.2) is 0 Å². The molecule has 0 aliphatic rings. The minimum absolute atomic E-state index is 0.742. The average molecular weight is 219 g/mol. The first-order valence-corrected chi connectivity index (χ1v) is 5.59. The minimum atomic E-state index is 0.742. The summed E-state index contributed by atoms with van der Waals surface area (Å²) in [6.07, 6.45) is 8.58. The zero-order chi connectivity index (χ0) is 11.2.